The van der Waals surface area contributed by atoms with Crippen molar-refractivity contribution in [3.63, 3.8) is 0 Å². The third kappa shape index (κ3) is 3.55. The Labute approximate surface area is 197 Å². The minimum absolute atomic E-state index is 0.304. The van der Waals surface area contributed by atoms with E-state index in [0.29, 0.717) is 23.7 Å². The largest absolute Gasteiger partial charge is 0.393 e. The average Bonchev–Trinajstić information content (AvgIpc) is 3.07. The Hall–Kier alpha value is -0.380. The van der Waals surface area contributed by atoms with Gasteiger partial charge in [-0.15, -0.1) is 0 Å². The molecule has 0 heterocycles. The van der Waals surface area contributed by atoms with Crippen molar-refractivity contribution >= 4 is 0 Å². The molecule has 4 aliphatic carbocycles. The van der Waals surface area contributed by atoms with E-state index in [2.05, 4.69) is 48.5 Å². The molecule has 32 heavy (non-hydrogen) atoms. The number of fused-ring (bicyclic) bond motifs is 5. The number of aliphatic hydroxyl groups is 3. The molecule has 4 rings (SSSR count). The van der Waals surface area contributed by atoms with Gasteiger partial charge < -0.3 is 15.3 Å². The molecule has 3 N–H and O–H groups in total. The first-order chi connectivity index (χ1) is 14.8. The van der Waals surface area contributed by atoms with Crippen molar-refractivity contribution in [2.75, 3.05) is 0 Å². The molecule has 4 aliphatic rings. The van der Waals surface area contributed by atoms with Gasteiger partial charge in [-0.1, -0.05) is 60.1 Å². The molecule has 0 spiro atoms. The van der Waals surface area contributed by atoms with E-state index in [9.17, 15) is 15.3 Å². The van der Waals surface area contributed by atoms with Crippen LogP contribution in [0.25, 0.3) is 0 Å². The molecule has 11 atom stereocenters. The first kappa shape index (κ1) is 24.7. The van der Waals surface area contributed by atoms with Crippen LogP contribution in [0.15, 0.2) is 11.6 Å². The van der Waals surface area contributed by atoms with Gasteiger partial charge >= 0.3 is 0 Å². The fraction of sp³-hybridized carbons (Fsp3) is 0.931. The molecule has 0 aromatic rings. The van der Waals surface area contributed by atoms with Crippen LogP contribution in [0.3, 0.4) is 0 Å². The van der Waals surface area contributed by atoms with Crippen LogP contribution < -0.4 is 0 Å². The Kier molecular flexibility index (Phi) is 6.48. The summed E-state index contributed by atoms with van der Waals surface area (Å²) in [5.41, 5.74) is 0.234. The minimum Gasteiger partial charge on any atom is -0.393 e. The molecule has 0 bridgehead atoms. The van der Waals surface area contributed by atoms with Crippen LogP contribution in [0.1, 0.15) is 99.8 Å². The highest BCUT2D eigenvalue weighted by Gasteiger charge is 2.64. The van der Waals surface area contributed by atoms with Crippen molar-refractivity contribution in [1.82, 2.24) is 0 Å². The van der Waals surface area contributed by atoms with Crippen LogP contribution in [-0.2, 0) is 0 Å². The second kappa shape index (κ2) is 8.38. The molecule has 184 valence electrons. The molecule has 3 nitrogen and oxygen atoms in total. The van der Waals surface area contributed by atoms with Gasteiger partial charge in [-0.05, 0) is 91.8 Å². The maximum Gasteiger partial charge on any atom is 0.102 e. The normalized spacial score (nSPS) is 49.0. The van der Waals surface area contributed by atoms with Gasteiger partial charge in [0.2, 0.25) is 0 Å². The van der Waals surface area contributed by atoms with E-state index in [4.69, 9.17) is 0 Å². The Bertz CT molecular complexity index is 730. The summed E-state index contributed by atoms with van der Waals surface area (Å²) in [6, 6.07) is 0. The molecule has 11 unspecified atom stereocenters. The molecule has 3 saturated carbocycles. The van der Waals surface area contributed by atoms with Crippen LogP contribution >= 0.6 is 0 Å². The second-order valence-electron chi connectivity index (χ2n) is 13.5. The van der Waals surface area contributed by atoms with Crippen molar-refractivity contribution < 1.29 is 15.3 Å². The molecule has 0 radical (unpaired) electrons. The van der Waals surface area contributed by atoms with Gasteiger partial charge in [-0.3, -0.25) is 0 Å². The summed E-state index contributed by atoms with van der Waals surface area (Å²) in [7, 11) is 0. The van der Waals surface area contributed by atoms with Crippen LogP contribution in [0.2, 0.25) is 0 Å². The average molecular weight is 447 g/mol. The molecule has 0 saturated heterocycles. The number of hydrogen-bond donors (Lipinski definition) is 3. The van der Waals surface area contributed by atoms with Gasteiger partial charge in [0.1, 0.15) is 11.7 Å². The summed E-state index contributed by atoms with van der Waals surface area (Å²) < 4.78 is 0. The van der Waals surface area contributed by atoms with Gasteiger partial charge in [0, 0.05) is 11.8 Å². The Balaban J connectivity index is 1.58. The summed E-state index contributed by atoms with van der Waals surface area (Å²) in [5, 5.41) is 33.1. The zero-order valence-corrected chi connectivity index (χ0v) is 21.8. The zero-order valence-electron chi connectivity index (χ0n) is 21.8. The number of allylic oxidation sites excluding steroid dienone is 1. The maximum absolute atomic E-state index is 11.6. The van der Waals surface area contributed by atoms with Crippen LogP contribution in [0, 0.1) is 52.3 Å². The molecule has 0 aromatic heterocycles. The highest BCUT2D eigenvalue weighted by Crippen LogP contribution is 2.67. The summed E-state index contributed by atoms with van der Waals surface area (Å²) in [5.74, 6) is 4.60. The zero-order chi connectivity index (χ0) is 23.6. The second-order valence-corrected chi connectivity index (χ2v) is 13.5. The number of hydrogen-bond acceptors (Lipinski definition) is 3. The summed E-state index contributed by atoms with van der Waals surface area (Å²) in [4.78, 5) is 0. The lowest BCUT2D eigenvalue weighted by atomic mass is 9.45. The van der Waals surface area contributed by atoms with E-state index in [0.717, 1.165) is 48.9 Å². The quantitative estimate of drug-likeness (QED) is 0.456. The molecule has 3 fully saturated rings. The highest BCUT2D eigenvalue weighted by molar-refractivity contribution is 5.33. The fourth-order valence-electron chi connectivity index (χ4n) is 9.14. The minimum atomic E-state index is -1.19. The Morgan fingerprint density at radius 1 is 0.938 bits per heavy atom. The van der Waals surface area contributed by atoms with E-state index < -0.39 is 17.8 Å². The number of aliphatic hydroxyl groups excluding tert-OH is 2. The molecule has 0 amide bonds. The lowest BCUT2D eigenvalue weighted by Gasteiger charge is -2.62. The molecular weight excluding hydrogens is 396 g/mol. The SMILES string of the molecule is CC(C)C(C)C(C)CC(C)C1CCC2C3=CC(O)C4(O)CC(O)CCC4(C)C3CCC21C. The molecule has 3 heteroatoms. The summed E-state index contributed by atoms with van der Waals surface area (Å²) >= 11 is 0. The Morgan fingerprint density at radius 3 is 2.28 bits per heavy atom. The third-order valence-electron chi connectivity index (χ3n) is 11.7. The monoisotopic (exact) mass is 446 g/mol. The number of rotatable bonds is 5. The smallest absolute Gasteiger partial charge is 0.102 e. The lowest BCUT2D eigenvalue weighted by molar-refractivity contribution is -0.210. The predicted octanol–water partition coefficient (Wildman–Crippen LogP) is 5.97. The standard InChI is InChI=1S/C29H50O3/c1-17(2)20(5)18(3)14-19(4)23-8-9-24-22-15-26(31)29(32)16-21(30)10-13-28(29,7)25(22)11-12-27(23,24)6/h15,17-21,23-26,30-32H,8-14,16H2,1-7H3. The predicted molar refractivity (Wildman–Crippen MR) is 131 cm³/mol. The van der Waals surface area contributed by atoms with Gasteiger partial charge in [-0.2, -0.15) is 0 Å². The van der Waals surface area contributed by atoms with Crippen molar-refractivity contribution in [1.29, 1.82) is 0 Å². The van der Waals surface area contributed by atoms with Crippen LogP contribution in [-0.4, -0.2) is 33.1 Å². The maximum atomic E-state index is 11.6. The highest BCUT2D eigenvalue weighted by atomic mass is 16.3. The molecule has 0 aliphatic heterocycles. The molecule has 0 aromatic carbocycles. The van der Waals surface area contributed by atoms with Gasteiger partial charge in [0.15, 0.2) is 0 Å². The third-order valence-corrected chi connectivity index (χ3v) is 11.7. The first-order valence-corrected chi connectivity index (χ1v) is 13.6. The van der Waals surface area contributed by atoms with E-state index in [1.165, 1.54) is 31.3 Å². The van der Waals surface area contributed by atoms with Gasteiger partial charge in [0.25, 0.3) is 0 Å². The summed E-state index contributed by atoms with van der Waals surface area (Å²) in [6.45, 7) is 16.8. The van der Waals surface area contributed by atoms with Crippen LogP contribution in [0.4, 0.5) is 0 Å². The van der Waals surface area contributed by atoms with E-state index in [1.54, 1.807) is 0 Å². The van der Waals surface area contributed by atoms with Crippen LogP contribution in [0.5, 0.6) is 0 Å². The van der Waals surface area contributed by atoms with Gasteiger partial charge in [0.05, 0.1) is 6.10 Å². The lowest BCUT2D eigenvalue weighted by Crippen LogP contribution is -2.65. The van der Waals surface area contributed by atoms with Crippen molar-refractivity contribution in [3.05, 3.63) is 11.6 Å². The summed E-state index contributed by atoms with van der Waals surface area (Å²) in [6.07, 6.45) is 8.71. The van der Waals surface area contributed by atoms with Gasteiger partial charge in [-0.25, -0.2) is 0 Å². The Morgan fingerprint density at radius 2 is 1.62 bits per heavy atom. The van der Waals surface area contributed by atoms with Crippen molar-refractivity contribution in [2.24, 2.45) is 52.3 Å². The van der Waals surface area contributed by atoms with E-state index in [1.807, 2.05) is 6.08 Å². The molecular formula is C29H50O3. The van der Waals surface area contributed by atoms with Crippen molar-refractivity contribution in [2.45, 2.75) is 118 Å². The first-order valence-electron chi connectivity index (χ1n) is 13.6. The topological polar surface area (TPSA) is 60.7 Å². The van der Waals surface area contributed by atoms with Crippen molar-refractivity contribution in [3.8, 4) is 0 Å². The van der Waals surface area contributed by atoms with E-state index >= 15 is 0 Å². The fourth-order valence-corrected chi connectivity index (χ4v) is 9.14. The van der Waals surface area contributed by atoms with E-state index in [-0.39, 0.29) is 5.41 Å².